The molecule has 0 unspecified atom stereocenters. The number of nitrogens with zero attached hydrogens (tertiary/aromatic N) is 2. The molecule has 0 atom stereocenters. The summed E-state index contributed by atoms with van der Waals surface area (Å²) >= 11 is 3.24. The maximum atomic E-state index is 10.8. The third kappa shape index (κ3) is 5.43. The van der Waals surface area contributed by atoms with Crippen molar-refractivity contribution in [1.29, 1.82) is 0 Å². The van der Waals surface area contributed by atoms with Crippen molar-refractivity contribution in [3.63, 3.8) is 0 Å². The van der Waals surface area contributed by atoms with Crippen LogP contribution in [0, 0.1) is 6.92 Å². The summed E-state index contributed by atoms with van der Waals surface area (Å²) in [5.41, 5.74) is 6.89. The second-order valence-electron chi connectivity index (χ2n) is 9.97. The van der Waals surface area contributed by atoms with E-state index in [1.54, 1.807) is 23.3 Å². The van der Waals surface area contributed by atoms with Crippen LogP contribution in [0.2, 0.25) is 0 Å². The topological polar surface area (TPSA) is 64.4 Å². The number of carbonyl (C=O) groups is 1. The van der Waals surface area contributed by atoms with Gasteiger partial charge >= 0.3 is 5.97 Å². The maximum absolute atomic E-state index is 10.8. The van der Waals surface area contributed by atoms with Crippen LogP contribution >= 0.6 is 23.3 Å². The average Bonchev–Trinajstić information content (AvgIpc) is 3.51. The van der Waals surface area contributed by atoms with Gasteiger partial charge in [0.2, 0.25) is 0 Å². The summed E-state index contributed by atoms with van der Waals surface area (Å²) in [6.07, 6.45) is 3.98. The summed E-state index contributed by atoms with van der Waals surface area (Å²) < 4.78 is 7.56. The quantitative estimate of drug-likeness (QED) is 0.231. The Labute approximate surface area is 224 Å². The van der Waals surface area contributed by atoms with Crippen LogP contribution in [0.25, 0.3) is 32.6 Å². The lowest BCUT2D eigenvalue weighted by Crippen LogP contribution is -2.10. The van der Waals surface area contributed by atoms with Crippen molar-refractivity contribution >= 4 is 40.2 Å². The highest BCUT2D eigenvalue weighted by molar-refractivity contribution is 7.98. The number of benzene rings is 3. The molecule has 1 N–H and O–H groups in total. The lowest BCUT2D eigenvalue weighted by Gasteiger charge is -2.19. The van der Waals surface area contributed by atoms with Crippen LogP contribution in [-0.4, -0.2) is 26.6 Å². The Hall–Kier alpha value is -3.55. The van der Waals surface area contributed by atoms with E-state index in [2.05, 4.69) is 78.4 Å². The number of ether oxygens (including phenoxy) is 1. The van der Waals surface area contributed by atoms with Crippen molar-refractivity contribution in [2.75, 3.05) is 6.61 Å². The van der Waals surface area contributed by atoms with Crippen molar-refractivity contribution in [2.24, 2.45) is 0 Å². The predicted octanol–water partition coefficient (Wildman–Crippen LogP) is 8.06. The highest BCUT2D eigenvalue weighted by Crippen LogP contribution is 2.39. The van der Waals surface area contributed by atoms with Gasteiger partial charge < -0.3 is 9.84 Å². The standard InChI is InChI=1S/C30H28N2O3S2/c1-19-15-23(10-12-27(19)35-18-28(33)34)37-32-17-25(29-31-13-14-36-29)24-16-21(7-11-26(24)32)20-5-8-22(9-6-20)30(2,3)4/h5-17H,18H2,1-4H3,(H,33,34). The number of aryl methyl sites for hydroxylation is 1. The Morgan fingerprint density at radius 3 is 2.46 bits per heavy atom. The van der Waals surface area contributed by atoms with E-state index in [0.717, 1.165) is 31.9 Å². The van der Waals surface area contributed by atoms with E-state index in [0.29, 0.717) is 5.75 Å². The van der Waals surface area contributed by atoms with E-state index in [4.69, 9.17) is 9.84 Å². The Morgan fingerprint density at radius 1 is 1.05 bits per heavy atom. The highest BCUT2D eigenvalue weighted by atomic mass is 32.2. The molecule has 2 aromatic heterocycles. The molecule has 0 saturated carbocycles. The van der Waals surface area contributed by atoms with E-state index in [-0.39, 0.29) is 12.0 Å². The SMILES string of the molecule is Cc1cc(Sn2cc(-c3nccs3)c3cc(-c4ccc(C(C)(C)C)cc4)ccc32)ccc1OCC(=O)O. The second-order valence-corrected chi connectivity index (χ2v) is 11.9. The smallest absolute Gasteiger partial charge is 0.341 e. The highest BCUT2D eigenvalue weighted by Gasteiger charge is 2.16. The van der Waals surface area contributed by atoms with Crippen LogP contribution in [0.4, 0.5) is 0 Å². The molecule has 2 heterocycles. The van der Waals surface area contributed by atoms with E-state index < -0.39 is 5.97 Å². The summed E-state index contributed by atoms with van der Waals surface area (Å²) in [5, 5.41) is 13.0. The molecular formula is C30H28N2O3S2. The molecule has 37 heavy (non-hydrogen) atoms. The average molecular weight is 529 g/mol. The fourth-order valence-electron chi connectivity index (χ4n) is 4.24. The van der Waals surface area contributed by atoms with Crippen LogP contribution in [0.5, 0.6) is 5.75 Å². The Balaban J connectivity index is 1.51. The molecule has 0 spiro atoms. The lowest BCUT2D eigenvalue weighted by atomic mass is 9.86. The molecular weight excluding hydrogens is 500 g/mol. The summed E-state index contributed by atoms with van der Waals surface area (Å²) in [4.78, 5) is 16.5. The van der Waals surface area contributed by atoms with Gasteiger partial charge in [-0.2, -0.15) is 0 Å². The van der Waals surface area contributed by atoms with Gasteiger partial charge in [-0.3, -0.25) is 3.97 Å². The third-order valence-electron chi connectivity index (χ3n) is 6.22. The van der Waals surface area contributed by atoms with Crippen LogP contribution in [0.15, 0.2) is 83.3 Å². The van der Waals surface area contributed by atoms with Gasteiger partial charge in [0.05, 0.1) is 5.52 Å². The minimum absolute atomic E-state index is 0.119. The molecule has 0 aliphatic carbocycles. The molecule has 5 rings (SSSR count). The second kappa shape index (κ2) is 10.1. The van der Waals surface area contributed by atoms with Crippen molar-refractivity contribution < 1.29 is 14.6 Å². The predicted molar refractivity (Wildman–Crippen MR) is 153 cm³/mol. The van der Waals surface area contributed by atoms with Gasteiger partial charge in [0.1, 0.15) is 10.8 Å². The Kier molecular flexibility index (Phi) is 6.84. The van der Waals surface area contributed by atoms with Gasteiger partial charge in [-0.25, -0.2) is 9.78 Å². The number of fused-ring (bicyclic) bond motifs is 1. The lowest BCUT2D eigenvalue weighted by molar-refractivity contribution is -0.139. The molecule has 0 fully saturated rings. The first-order chi connectivity index (χ1) is 17.7. The number of rotatable bonds is 7. The summed E-state index contributed by atoms with van der Waals surface area (Å²) in [7, 11) is 0. The maximum Gasteiger partial charge on any atom is 0.341 e. The van der Waals surface area contributed by atoms with Gasteiger partial charge in [-0.15, -0.1) is 11.3 Å². The van der Waals surface area contributed by atoms with Crippen LogP contribution in [0.3, 0.4) is 0 Å². The molecule has 5 nitrogen and oxygen atoms in total. The van der Waals surface area contributed by atoms with Crippen molar-refractivity contribution in [3.05, 3.63) is 89.6 Å². The van der Waals surface area contributed by atoms with Crippen molar-refractivity contribution in [3.8, 4) is 27.4 Å². The zero-order chi connectivity index (χ0) is 26.2. The van der Waals surface area contributed by atoms with E-state index in [1.807, 2.05) is 36.7 Å². The van der Waals surface area contributed by atoms with Crippen LogP contribution < -0.4 is 4.74 Å². The van der Waals surface area contributed by atoms with Crippen molar-refractivity contribution in [2.45, 2.75) is 38.0 Å². The van der Waals surface area contributed by atoms with E-state index in [1.165, 1.54) is 16.7 Å². The van der Waals surface area contributed by atoms with Crippen LogP contribution in [0.1, 0.15) is 31.9 Å². The molecule has 0 radical (unpaired) electrons. The monoisotopic (exact) mass is 528 g/mol. The number of hydrogen-bond donors (Lipinski definition) is 1. The first-order valence-electron chi connectivity index (χ1n) is 12.0. The van der Waals surface area contributed by atoms with Gasteiger partial charge in [-0.05, 0) is 76.9 Å². The zero-order valence-corrected chi connectivity index (χ0v) is 22.8. The van der Waals surface area contributed by atoms with Gasteiger partial charge in [0, 0.05) is 33.6 Å². The zero-order valence-electron chi connectivity index (χ0n) is 21.2. The molecule has 0 aliphatic rings. The van der Waals surface area contributed by atoms with Crippen molar-refractivity contribution in [1.82, 2.24) is 8.96 Å². The molecule has 0 amide bonds. The van der Waals surface area contributed by atoms with E-state index >= 15 is 0 Å². The molecule has 5 aromatic rings. The number of aromatic nitrogens is 2. The first-order valence-corrected chi connectivity index (χ1v) is 13.6. The number of thiazole rings is 1. The molecule has 3 aromatic carbocycles. The third-order valence-corrected chi connectivity index (χ3v) is 7.99. The Bertz CT molecular complexity index is 1560. The number of hydrogen-bond acceptors (Lipinski definition) is 5. The summed E-state index contributed by atoms with van der Waals surface area (Å²) in [6.45, 7) is 8.26. The molecule has 0 aliphatic heterocycles. The Morgan fingerprint density at radius 2 is 1.81 bits per heavy atom. The number of carboxylic acid groups (broad SMARTS) is 1. The largest absolute Gasteiger partial charge is 0.482 e. The molecule has 188 valence electrons. The van der Waals surface area contributed by atoms with Gasteiger partial charge in [0.25, 0.3) is 0 Å². The fraction of sp³-hybridized carbons (Fsp3) is 0.200. The summed E-state index contributed by atoms with van der Waals surface area (Å²) in [6, 6.07) is 21.2. The summed E-state index contributed by atoms with van der Waals surface area (Å²) in [5.74, 6) is -0.411. The van der Waals surface area contributed by atoms with Gasteiger partial charge in [0.15, 0.2) is 6.61 Å². The van der Waals surface area contributed by atoms with Crippen LogP contribution in [-0.2, 0) is 10.2 Å². The minimum atomic E-state index is -0.990. The number of carboxylic acids is 1. The molecule has 7 heteroatoms. The number of aliphatic carboxylic acids is 1. The normalized spacial score (nSPS) is 11.7. The molecule has 0 bridgehead atoms. The van der Waals surface area contributed by atoms with Gasteiger partial charge in [-0.1, -0.05) is 51.1 Å². The first kappa shape index (κ1) is 25.1. The fourth-order valence-corrected chi connectivity index (χ4v) is 5.90. The molecule has 0 saturated heterocycles. The van der Waals surface area contributed by atoms with E-state index in [9.17, 15) is 4.79 Å². The minimum Gasteiger partial charge on any atom is -0.482 e.